The molecule has 0 aliphatic rings. The van der Waals surface area contributed by atoms with Crippen LogP contribution in [0.15, 0.2) is 11.4 Å². The third kappa shape index (κ3) is 2.59. The first-order valence-electron chi connectivity index (χ1n) is 5.81. The summed E-state index contributed by atoms with van der Waals surface area (Å²) in [7, 11) is 1.77. The van der Waals surface area contributed by atoms with Crippen LogP contribution in [-0.4, -0.2) is 33.0 Å². The predicted octanol–water partition coefficient (Wildman–Crippen LogP) is 2.01. The molecule has 2 aromatic rings. The van der Waals surface area contributed by atoms with Crippen LogP contribution in [0.25, 0.3) is 0 Å². The van der Waals surface area contributed by atoms with Crippen molar-refractivity contribution in [3.05, 3.63) is 33.5 Å². The highest BCUT2D eigenvalue weighted by Crippen LogP contribution is 2.17. The molecule has 0 bridgehead atoms. The zero-order chi connectivity index (χ0) is 13.1. The second-order valence-corrected chi connectivity index (χ2v) is 5.15. The molecule has 0 radical (unpaired) electrons. The van der Waals surface area contributed by atoms with Crippen molar-refractivity contribution in [1.82, 2.24) is 20.1 Å². The van der Waals surface area contributed by atoms with Crippen molar-refractivity contribution in [2.45, 2.75) is 26.8 Å². The van der Waals surface area contributed by atoms with Gasteiger partial charge in [0, 0.05) is 18.3 Å². The number of nitrogens with one attached hydrogen (secondary N) is 1. The Labute approximate surface area is 110 Å². The van der Waals surface area contributed by atoms with Crippen LogP contribution in [0.5, 0.6) is 0 Å². The lowest BCUT2D eigenvalue weighted by Crippen LogP contribution is -2.27. The quantitative estimate of drug-likeness (QED) is 0.918. The van der Waals surface area contributed by atoms with Gasteiger partial charge in [0.2, 0.25) is 5.82 Å². The third-order valence-corrected chi connectivity index (χ3v) is 3.76. The summed E-state index contributed by atoms with van der Waals surface area (Å²) in [6.07, 6.45) is 0.744. The number of nitrogens with zero attached hydrogens (tertiary/aromatic N) is 3. The molecule has 2 rings (SSSR count). The Morgan fingerprint density at radius 1 is 1.56 bits per heavy atom. The van der Waals surface area contributed by atoms with Gasteiger partial charge in [-0.3, -0.25) is 9.89 Å². The molecule has 0 fully saturated rings. The summed E-state index contributed by atoms with van der Waals surface area (Å²) in [6, 6.07) is 2.06. The molecule has 5 nitrogen and oxygen atoms in total. The van der Waals surface area contributed by atoms with E-state index in [-0.39, 0.29) is 11.7 Å². The summed E-state index contributed by atoms with van der Waals surface area (Å²) in [5, 5.41) is 8.72. The zero-order valence-electron chi connectivity index (χ0n) is 10.7. The first-order chi connectivity index (χ1) is 8.61. The van der Waals surface area contributed by atoms with Crippen molar-refractivity contribution in [3.8, 4) is 0 Å². The van der Waals surface area contributed by atoms with Crippen molar-refractivity contribution < 1.29 is 4.79 Å². The Morgan fingerprint density at radius 2 is 2.33 bits per heavy atom. The van der Waals surface area contributed by atoms with Crippen LogP contribution in [0.3, 0.4) is 0 Å². The van der Waals surface area contributed by atoms with Gasteiger partial charge in [0.1, 0.15) is 5.82 Å². The highest BCUT2D eigenvalue weighted by atomic mass is 32.1. The van der Waals surface area contributed by atoms with E-state index in [2.05, 4.69) is 21.2 Å². The summed E-state index contributed by atoms with van der Waals surface area (Å²) in [4.78, 5) is 19.1. The van der Waals surface area contributed by atoms with E-state index in [0.29, 0.717) is 6.54 Å². The number of aromatic nitrogens is 3. The number of aryl methyl sites for hydroxylation is 2. The molecule has 0 saturated heterocycles. The number of carbonyl (C=O) groups is 1. The van der Waals surface area contributed by atoms with Gasteiger partial charge in [-0.2, -0.15) is 0 Å². The van der Waals surface area contributed by atoms with Crippen LogP contribution in [0.1, 0.15) is 33.8 Å². The highest BCUT2D eigenvalue weighted by Gasteiger charge is 2.17. The van der Waals surface area contributed by atoms with Gasteiger partial charge in [0.05, 0.1) is 6.54 Å². The van der Waals surface area contributed by atoms with Crippen LogP contribution in [-0.2, 0) is 13.0 Å². The zero-order valence-corrected chi connectivity index (χ0v) is 11.5. The first-order valence-corrected chi connectivity index (χ1v) is 6.69. The van der Waals surface area contributed by atoms with E-state index in [1.54, 1.807) is 23.3 Å². The molecule has 0 aliphatic heterocycles. The summed E-state index contributed by atoms with van der Waals surface area (Å²) < 4.78 is 0. The summed E-state index contributed by atoms with van der Waals surface area (Å²) in [5.41, 5.74) is 1.21. The van der Waals surface area contributed by atoms with Gasteiger partial charge in [-0.05, 0) is 23.9 Å². The number of hydrogen-bond acceptors (Lipinski definition) is 4. The molecule has 1 amide bonds. The number of aromatic amines is 1. The third-order valence-electron chi connectivity index (χ3n) is 2.75. The number of H-pyrrole nitrogens is 1. The van der Waals surface area contributed by atoms with E-state index in [0.717, 1.165) is 12.2 Å². The van der Waals surface area contributed by atoms with Gasteiger partial charge in [-0.1, -0.05) is 6.92 Å². The van der Waals surface area contributed by atoms with Crippen molar-refractivity contribution in [2.24, 2.45) is 0 Å². The first kappa shape index (κ1) is 12.8. The smallest absolute Gasteiger partial charge is 0.293 e. The second-order valence-electron chi connectivity index (χ2n) is 4.15. The predicted molar refractivity (Wildman–Crippen MR) is 70.6 cm³/mol. The Hall–Kier alpha value is -1.69. The van der Waals surface area contributed by atoms with Crippen LogP contribution < -0.4 is 0 Å². The molecular weight excluding hydrogens is 248 g/mol. The topological polar surface area (TPSA) is 61.9 Å². The molecule has 0 atom stereocenters. The van der Waals surface area contributed by atoms with E-state index < -0.39 is 0 Å². The molecule has 0 saturated carbocycles. The minimum atomic E-state index is -0.154. The van der Waals surface area contributed by atoms with E-state index in [9.17, 15) is 4.79 Å². The maximum Gasteiger partial charge on any atom is 0.293 e. The number of hydrogen-bond donors (Lipinski definition) is 1. The average Bonchev–Trinajstić information content (AvgIpc) is 2.98. The number of thiophene rings is 1. The Bertz CT molecular complexity index is 546. The Morgan fingerprint density at radius 3 is 2.89 bits per heavy atom. The second kappa shape index (κ2) is 5.30. The van der Waals surface area contributed by atoms with E-state index in [1.807, 2.05) is 19.2 Å². The van der Waals surface area contributed by atoms with Gasteiger partial charge < -0.3 is 4.90 Å². The fraction of sp³-hybridized carbons (Fsp3) is 0.417. The lowest BCUT2D eigenvalue weighted by atomic mass is 10.3. The number of rotatable bonds is 4. The van der Waals surface area contributed by atoms with Crippen molar-refractivity contribution >= 4 is 17.2 Å². The van der Waals surface area contributed by atoms with Gasteiger partial charge in [0.15, 0.2) is 0 Å². The largest absolute Gasteiger partial charge is 0.334 e. The fourth-order valence-electron chi connectivity index (χ4n) is 1.57. The van der Waals surface area contributed by atoms with Crippen LogP contribution in [0, 0.1) is 6.92 Å². The maximum atomic E-state index is 12.1. The van der Waals surface area contributed by atoms with Crippen LogP contribution >= 0.6 is 11.3 Å². The fourth-order valence-corrected chi connectivity index (χ4v) is 2.53. The highest BCUT2D eigenvalue weighted by molar-refractivity contribution is 7.10. The maximum absolute atomic E-state index is 12.1. The Balaban J connectivity index is 2.07. The minimum absolute atomic E-state index is 0.154. The van der Waals surface area contributed by atoms with Crippen molar-refractivity contribution in [1.29, 1.82) is 0 Å². The Kier molecular flexibility index (Phi) is 3.76. The number of carbonyl (C=O) groups excluding carboxylic acids is 1. The van der Waals surface area contributed by atoms with E-state index >= 15 is 0 Å². The molecule has 0 unspecified atom stereocenters. The lowest BCUT2D eigenvalue weighted by Gasteiger charge is -2.14. The monoisotopic (exact) mass is 264 g/mol. The van der Waals surface area contributed by atoms with Crippen molar-refractivity contribution in [3.63, 3.8) is 0 Å². The van der Waals surface area contributed by atoms with Gasteiger partial charge in [-0.25, -0.2) is 4.98 Å². The SMILES string of the molecule is CCc1nc(C(=O)N(C)Cc2sccc2C)n[nH]1. The average molecular weight is 264 g/mol. The lowest BCUT2D eigenvalue weighted by molar-refractivity contribution is 0.0774. The van der Waals surface area contributed by atoms with Gasteiger partial charge in [-0.15, -0.1) is 16.4 Å². The molecule has 0 aliphatic carbocycles. The molecule has 18 heavy (non-hydrogen) atoms. The number of amides is 1. The van der Waals surface area contributed by atoms with Crippen LogP contribution in [0.2, 0.25) is 0 Å². The molecular formula is C12H16N4OS. The molecule has 0 spiro atoms. The van der Waals surface area contributed by atoms with Crippen LogP contribution in [0.4, 0.5) is 0 Å². The summed E-state index contributed by atoms with van der Waals surface area (Å²) in [6.45, 7) is 4.61. The molecule has 6 heteroatoms. The minimum Gasteiger partial charge on any atom is -0.334 e. The van der Waals surface area contributed by atoms with Gasteiger partial charge in [0.25, 0.3) is 5.91 Å². The molecule has 2 aromatic heterocycles. The van der Waals surface area contributed by atoms with Crippen molar-refractivity contribution in [2.75, 3.05) is 7.05 Å². The molecule has 96 valence electrons. The normalized spacial score (nSPS) is 10.6. The van der Waals surface area contributed by atoms with E-state index in [1.165, 1.54) is 10.4 Å². The molecule has 2 heterocycles. The standard InChI is InChI=1S/C12H16N4OS/c1-4-10-13-11(15-14-10)12(17)16(3)7-9-8(2)5-6-18-9/h5-6H,4,7H2,1-3H3,(H,13,14,15). The molecule has 0 aromatic carbocycles. The molecule has 1 N–H and O–H groups in total. The van der Waals surface area contributed by atoms with E-state index in [4.69, 9.17) is 0 Å². The summed E-state index contributed by atoms with van der Waals surface area (Å²) >= 11 is 1.66. The summed E-state index contributed by atoms with van der Waals surface area (Å²) in [5.74, 6) is 0.821. The van der Waals surface area contributed by atoms with Gasteiger partial charge >= 0.3 is 0 Å².